The second-order valence-corrected chi connectivity index (χ2v) is 7.95. The Morgan fingerprint density at radius 2 is 1.89 bits per heavy atom. The minimum Gasteiger partial charge on any atom is -0.206 e. The summed E-state index contributed by atoms with van der Waals surface area (Å²) in [6.07, 6.45) is 0. The van der Waals surface area contributed by atoms with Crippen molar-refractivity contribution < 1.29 is 8.42 Å². The average Bonchev–Trinajstić information content (AvgIpc) is 2.86. The van der Waals surface area contributed by atoms with Crippen LogP contribution in [0.25, 0.3) is 0 Å². The van der Waals surface area contributed by atoms with Crippen LogP contribution in [0.4, 0.5) is 0 Å². The van der Waals surface area contributed by atoms with Crippen molar-refractivity contribution in [3.63, 3.8) is 0 Å². The van der Waals surface area contributed by atoms with Gasteiger partial charge in [0.2, 0.25) is 0 Å². The van der Waals surface area contributed by atoms with E-state index in [0.717, 1.165) is 10.0 Å². The molecule has 0 aliphatic carbocycles. The van der Waals surface area contributed by atoms with E-state index in [0.29, 0.717) is 10.8 Å². The number of hydrogen-bond donors (Lipinski definition) is 0. The van der Waals surface area contributed by atoms with E-state index in [-0.39, 0.29) is 0 Å². The number of benzene rings is 1. The van der Waals surface area contributed by atoms with Gasteiger partial charge in [0.1, 0.15) is 4.21 Å². The van der Waals surface area contributed by atoms with Crippen LogP contribution in [0.2, 0.25) is 0 Å². The van der Waals surface area contributed by atoms with Crippen LogP contribution in [0.3, 0.4) is 0 Å². The second kappa shape index (κ2) is 5.52. The molecular weight excluding hydrogens is 334 g/mol. The van der Waals surface area contributed by atoms with Gasteiger partial charge in [-0.05, 0) is 29.1 Å². The first-order valence-corrected chi connectivity index (χ1v) is 8.36. The van der Waals surface area contributed by atoms with E-state index in [1.165, 1.54) is 15.6 Å². The highest BCUT2D eigenvalue weighted by atomic mass is 79.9. The van der Waals surface area contributed by atoms with Gasteiger partial charge in [0.25, 0.3) is 10.0 Å². The third-order valence-corrected chi connectivity index (χ3v) is 6.18. The van der Waals surface area contributed by atoms with Crippen LogP contribution in [-0.4, -0.2) is 19.8 Å². The van der Waals surface area contributed by atoms with E-state index < -0.39 is 10.0 Å². The molecule has 0 saturated heterocycles. The van der Waals surface area contributed by atoms with Gasteiger partial charge < -0.3 is 0 Å². The number of rotatable bonds is 4. The maximum absolute atomic E-state index is 12.2. The van der Waals surface area contributed by atoms with Crippen molar-refractivity contribution in [2.45, 2.75) is 10.8 Å². The maximum atomic E-state index is 12.2. The molecule has 18 heavy (non-hydrogen) atoms. The molecule has 0 amide bonds. The molecule has 6 heteroatoms. The zero-order valence-corrected chi connectivity index (χ0v) is 12.9. The smallest absolute Gasteiger partial charge is 0.206 e. The fourth-order valence-electron chi connectivity index (χ4n) is 1.50. The lowest BCUT2D eigenvalue weighted by Gasteiger charge is -2.16. The summed E-state index contributed by atoms with van der Waals surface area (Å²) in [6.45, 7) is 0.369. The molecule has 96 valence electrons. The molecule has 0 aliphatic rings. The number of hydrogen-bond acceptors (Lipinski definition) is 3. The van der Waals surface area contributed by atoms with Gasteiger partial charge in [-0.3, -0.25) is 0 Å². The lowest BCUT2D eigenvalue weighted by atomic mass is 10.2. The minimum atomic E-state index is -3.36. The average molecular weight is 346 g/mol. The fraction of sp³-hybridized carbons (Fsp3) is 0.167. The molecule has 0 aliphatic heterocycles. The lowest BCUT2D eigenvalue weighted by Crippen LogP contribution is -2.25. The van der Waals surface area contributed by atoms with Crippen LogP contribution in [0.15, 0.2) is 50.5 Å². The van der Waals surface area contributed by atoms with E-state index in [9.17, 15) is 8.42 Å². The first-order valence-electron chi connectivity index (χ1n) is 5.24. The molecule has 1 aromatic heterocycles. The van der Waals surface area contributed by atoms with Gasteiger partial charge in [0, 0.05) is 18.1 Å². The molecule has 0 fully saturated rings. The van der Waals surface area contributed by atoms with Gasteiger partial charge in [0.15, 0.2) is 0 Å². The molecule has 0 saturated carbocycles. The van der Waals surface area contributed by atoms with Crippen LogP contribution in [-0.2, 0) is 16.6 Å². The largest absolute Gasteiger partial charge is 0.252 e. The van der Waals surface area contributed by atoms with Crippen molar-refractivity contribution in [3.8, 4) is 0 Å². The topological polar surface area (TPSA) is 37.4 Å². The summed E-state index contributed by atoms with van der Waals surface area (Å²) in [5.74, 6) is 0. The Bertz CT molecular complexity index is 606. The summed E-state index contributed by atoms with van der Waals surface area (Å²) in [7, 11) is -1.77. The summed E-state index contributed by atoms with van der Waals surface area (Å²) in [5.41, 5.74) is 0.959. The highest BCUT2D eigenvalue weighted by molar-refractivity contribution is 9.10. The fourth-order valence-corrected chi connectivity index (χ4v) is 4.12. The number of nitrogens with zero attached hydrogens (tertiary/aromatic N) is 1. The molecule has 0 atom stereocenters. The number of thiophene rings is 1. The van der Waals surface area contributed by atoms with Gasteiger partial charge in [-0.1, -0.05) is 34.1 Å². The molecule has 0 unspecified atom stereocenters. The predicted octanol–water partition coefficient (Wildman–Crippen LogP) is 3.33. The number of sulfonamides is 1. The van der Waals surface area contributed by atoms with E-state index in [4.69, 9.17) is 0 Å². The quantitative estimate of drug-likeness (QED) is 0.852. The molecular formula is C12H12BrNO2S2. The Kier molecular flexibility index (Phi) is 4.21. The van der Waals surface area contributed by atoms with Crippen molar-refractivity contribution in [2.75, 3.05) is 7.05 Å². The van der Waals surface area contributed by atoms with Crippen molar-refractivity contribution >= 4 is 37.3 Å². The van der Waals surface area contributed by atoms with Gasteiger partial charge in [0.05, 0.1) is 0 Å². The zero-order valence-electron chi connectivity index (χ0n) is 9.71. The SMILES string of the molecule is CN(Cc1ccc(Br)cc1)S(=O)(=O)c1cccs1. The Balaban J connectivity index is 2.17. The Labute approximate surface area is 119 Å². The number of halogens is 1. The van der Waals surface area contributed by atoms with Crippen LogP contribution in [0.5, 0.6) is 0 Å². The summed E-state index contributed by atoms with van der Waals surface area (Å²) < 4.78 is 27.1. The second-order valence-electron chi connectivity index (χ2n) is 3.82. The molecule has 0 bridgehead atoms. The van der Waals surface area contributed by atoms with Crippen LogP contribution >= 0.6 is 27.3 Å². The molecule has 1 aromatic carbocycles. The molecule has 2 aromatic rings. The van der Waals surface area contributed by atoms with E-state index in [1.807, 2.05) is 24.3 Å². The van der Waals surface area contributed by atoms with Crippen LogP contribution in [0.1, 0.15) is 5.56 Å². The highest BCUT2D eigenvalue weighted by Crippen LogP contribution is 2.21. The van der Waals surface area contributed by atoms with E-state index >= 15 is 0 Å². The highest BCUT2D eigenvalue weighted by Gasteiger charge is 2.21. The zero-order chi connectivity index (χ0) is 13.2. The van der Waals surface area contributed by atoms with Gasteiger partial charge in [-0.2, -0.15) is 4.31 Å². The summed E-state index contributed by atoms with van der Waals surface area (Å²) in [5, 5.41) is 1.76. The minimum absolute atomic E-state index is 0.369. The third-order valence-electron chi connectivity index (χ3n) is 2.48. The van der Waals surface area contributed by atoms with E-state index in [2.05, 4.69) is 15.9 Å². The van der Waals surface area contributed by atoms with Crippen LogP contribution < -0.4 is 0 Å². The summed E-state index contributed by atoms with van der Waals surface area (Å²) in [6, 6.07) is 11.0. The Morgan fingerprint density at radius 1 is 1.22 bits per heavy atom. The first-order chi connectivity index (χ1) is 8.50. The van der Waals surface area contributed by atoms with Gasteiger partial charge >= 0.3 is 0 Å². The first kappa shape index (κ1) is 13.7. The summed E-state index contributed by atoms with van der Waals surface area (Å²) in [4.78, 5) is 0. The van der Waals surface area contributed by atoms with E-state index in [1.54, 1.807) is 24.6 Å². The predicted molar refractivity (Wildman–Crippen MR) is 77.1 cm³/mol. The third kappa shape index (κ3) is 3.00. The van der Waals surface area contributed by atoms with Crippen molar-refractivity contribution in [3.05, 3.63) is 51.8 Å². The van der Waals surface area contributed by atoms with Gasteiger partial charge in [-0.25, -0.2) is 8.42 Å². The van der Waals surface area contributed by atoms with Crippen molar-refractivity contribution in [2.24, 2.45) is 0 Å². The molecule has 3 nitrogen and oxygen atoms in total. The molecule has 0 radical (unpaired) electrons. The van der Waals surface area contributed by atoms with Crippen molar-refractivity contribution in [1.29, 1.82) is 0 Å². The molecule has 0 spiro atoms. The molecule has 2 rings (SSSR count). The standard InChI is InChI=1S/C12H12BrNO2S2/c1-14(9-10-4-6-11(13)7-5-10)18(15,16)12-3-2-8-17-12/h2-8H,9H2,1H3. The Morgan fingerprint density at radius 3 is 2.44 bits per heavy atom. The van der Waals surface area contributed by atoms with Crippen molar-refractivity contribution in [1.82, 2.24) is 4.31 Å². The normalized spacial score (nSPS) is 11.9. The monoisotopic (exact) mass is 345 g/mol. The lowest BCUT2D eigenvalue weighted by molar-refractivity contribution is 0.468. The maximum Gasteiger partial charge on any atom is 0.252 e. The summed E-state index contributed by atoms with van der Waals surface area (Å²) >= 11 is 4.59. The molecule has 0 N–H and O–H groups in total. The molecule has 1 heterocycles. The van der Waals surface area contributed by atoms with Gasteiger partial charge in [-0.15, -0.1) is 11.3 Å². The van der Waals surface area contributed by atoms with Crippen LogP contribution in [0, 0.1) is 0 Å². The Hall–Kier alpha value is -0.690.